The Hall–Kier alpha value is -1.68. The van der Waals surface area contributed by atoms with Gasteiger partial charge in [-0.15, -0.1) is 0 Å². The third-order valence-electron chi connectivity index (χ3n) is 3.61. The maximum atomic E-state index is 12.0. The van der Waals surface area contributed by atoms with Crippen molar-refractivity contribution in [1.82, 2.24) is 0 Å². The first-order chi connectivity index (χ1) is 9.08. The van der Waals surface area contributed by atoms with Crippen LogP contribution >= 0.6 is 11.8 Å². The average molecular weight is 270 g/mol. The lowest BCUT2D eigenvalue weighted by Crippen LogP contribution is -2.21. The average Bonchev–Trinajstić information content (AvgIpc) is 2.70. The van der Waals surface area contributed by atoms with E-state index >= 15 is 0 Å². The summed E-state index contributed by atoms with van der Waals surface area (Å²) in [5.41, 5.74) is 4.66. The molecule has 2 heterocycles. The first kappa shape index (κ1) is 12.4. The predicted octanol–water partition coefficient (Wildman–Crippen LogP) is 3.36. The Labute approximate surface area is 116 Å². The van der Waals surface area contributed by atoms with E-state index in [0.29, 0.717) is 0 Å². The number of aliphatic imine (C=N–C) groups is 2. The highest BCUT2D eigenvalue weighted by Gasteiger charge is 2.38. The van der Waals surface area contributed by atoms with Crippen molar-refractivity contribution in [3.63, 3.8) is 0 Å². The molecule has 2 aliphatic heterocycles. The minimum atomic E-state index is -0.294. The van der Waals surface area contributed by atoms with Crippen LogP contribution < -0.4 is 0 Å². The van der Waals surface area contributed by atoms with Crippen molar-refractivity contribution in [1.29, 1.82) is 0 Å². The van der Waals surface area contributed by atoms with Crippen molar-refractivity contribution in [2.45, 2.75) is 20.8 Å². The molecule has 1 aromatic rings. The Morgan fingerprint density at radius 3 is 2.68 bits per heavy atom. The van der Waals surface area contributed by atoms with Crippen LogP contribution in [0.3, 0.4) is 0 Å². The fourth-order valence-corrected chi connectivity index (χ4v) is 3.52. The molecule has 0 N–H and O–H groups in total. The van der Waals surface area contributed by atoms with Crippen molar-refractivity contribution in [3.05, 3.63) is 39.8 Å². The van der Waals surface area contributed by atoms with Gasteiger partial charge in [0.15, 0.2) is 0 Å². The minimum absolute atomic E-state index is 0.109. The lowest BCUT2D eigenvalue weighted by atomic mass is 9.90. The normalized spacial score (nSPS) is 21.7. The summed E-state index contributed by atoms with van der Waals surface area (Å²) >= 11 is 1.58. The number of fused-ring (bicyclic) bond motifs is 1. The highest BCUT2D eigenvalue weighted by atomic mass is 32.2. The van der Waals surface area contributed by atoms with Crippen LogP contribution in [0.5, 0.6) is 0 Å². The van der Waals surface area contributed by atoms with Gasteiger partial charge in [-0.2, -0.15) is 0 Å². The number of thioether (sulfide) groups is 1. The molecular formula is C15H14N2OS. The van der Waals surface area contributed by atoms with E-state index < -0.39 is 0 Å². The van der Waals surface area contributed by atoms with Crippen molar-refractivity contribution in [2.24, 2.45) is 15.9 Å². The third-order valence-corrected chi connectivity index (χ3v) is 4.68. The van der Waals surface area contributed by atoms with Gasteiger partial charge in [0, 0.05) is 0 Å². The number of aryl methyl sites for hydroxylation is 2. The highest BCUT2D eigenvalue weighted by molar-refractivity contribution is 8.18. The molecule has 1 aromatic carbocycles. The van der Waals surface area contributed by atoms with E-state index in [2.05, 4.69) is 42.0 Å². The highest BCUT2D eigenvalue weighted by Crippen LogP contribution is 2.45. The second-order valence-corrected chi connectivity index (χ2v) is 6.09. The summed E-state index contributed by atoms with van der Waals surface area (Å²) in [6.07, 6.45) is 1.36. The third kappa shape index (κ3) is 1.96. The lowest BCUT2D eigenvalue weighted by Gasteiger charge is -2.15. The topological polar surface area (TPSA) is 41.8 Å². The van der Waals surface area contributed by atoms with Gasteiger partial charge in [0.05, 0.1) is 5.04 Å². The molecule has 0 aliphatic carbocycles. The quantitative estimate of drug-likeness (QED) is 0.785. The molecule has 96 valence electrons. The first-order valence-corrected chi connectivity index (χ1v) is 7.00. The van der Waals surface area contributed by atoms with Crippen LogP contribution in [0.15, 0.2) is 33.1 Å². The Balaban J connectivity index is 2.11. The summed E-state index contributed by atoms with van der Waals surface area (Å²) in [5, 5.41) is 0.853. The largest absolute Gasteiger partial charge is 0.271 e. The molecule has 1 amide bonds. The van der Waals surface area contributed by atoms with Gasteiger partial charge in [0.25, 0.3) is 5.91 Å². The zero-order valence-corrected chi connectivity index (χ0v) is 11.9. The zero-order chi connectivity index (χ0) is 13.6. The van der Waals surface area contributed by atoms with Crippen molar-refractivity contribution in [3.8, 4) is 0 Å². The predicted molar refractivity (Wildman–Crippen MR) is 80.5 cm³/mol. The van der Waals surface area contributed by atoms with E-state index in [0.717, 1.165) is 21.1 Å². The monoisotopic (exact) mass is 270 g/mol. The van der Waals surface area contributed by atoms with Crippen LogP contribution in [0.25, 0.3) is 5.57 Å². The van der Waals surface area contributed by atoms with E-state index in [4.69, 9.17) is 0 Å². The molecule has 0 aromatic heterocycles. The van der Waals surface area contributed by atoms with Crippen LogP contribution in [0.1, 0.15) is 23.6 Å². The zero-order valence-electron chi connectivity index (χ0n) is 11.1. The molecule has 0 spiro atoms. The number of rotatable bonds is 1. The van der Waals surface area contributed by atoms with Gasteiger partial charge >= 0.3 is 0 Å². The van der Waals surface area contributed by atoms with Gasteiger partial charge in [0.1, 0.15) is 12.3 Å². The first-order valence-electron chi connectivity index (χ1n) is 6.18. The number of carbonyl (C=O) groups excluding carboxylic acids is 1. The summed E-state index contributed by atoms with van der Waals surface area (Å²) in [6.45, 7) is 6.22. The molecule has 3 nitrogen and oxygen atoms in total. The summed E-state index contributed by atoms with van der Waals surface area (Å²) in [7, 11) is 0. The molecule has 0 saturated heterocycles. The molecule has 3 rings (SSSR count). The lowest BCUT2D eigenvalue weighted by molar-refractivity contribution is -0.118. The van der Waals surface area contributed by atoms with Gasteiger partial charge < -0.3 is 0 Å². The summed E-state index contributed by atoms with van der Waals surface area (Å²) < 4.78 is 0. The van der Waals surface area contributed by atoms with Gasteiger partial charge in [-0.1, -0.05) is 30.0 Å². The number of hydrogen-bond acceptors (Lipinski definition) is 3. The summed E-state index contributed by atoms with van der Waals surface area (Å²) in [5.74, 6) is -0.403. The number of nitrogens with zero attached hydrogens (tertiary/aromatic N) is 2. The van der Waals surface area contributed by atoms with Crippen molar-refractivity contribution < 1.29 is 4.79 Å². The number of allylic oxidation sites excluding steroid dienone is 1. The molecule has 1 unspecified atom stereocenters. The van der Waals surface area contributed by atoms with Gasteiger partial charge in [-0.3, -0.25) is 4.79 Å². The van der Waals surface area contributed by atoms with Crippen LogP contribution in [0.4, 0.5) is 0 Å². The Morgan fingerprint density at radius 1 is 1.16 bits per heavy atom. The molecule has 0 saturated carbocycles. The Kier molecular flexibility index (Phi) is 2.90. The summed E-state index contributed by atoms with van der Waals surface area (Å²) in [4.78, 5) is 21.2. The fourth-order valence-electron chi connectivity index (χ4n) is 2.42. The molecule has 4 heteroatoms. The maximum Gasteiger partial charge on any atom is 0.261 e. The SMILES string of the molecule is CC1=C(c2ccc(C)c(C)c2)C2C(=O)N=CN=C2S1. The van der Waals surface area contributed by atoms with Gasteiger partial charge in [-0.25, -0.2) is 9.98 Å². The Morgan fingerprint density at radius 2 is 1.95 bits per heavy atom. The molecule has 2 aliphatic rings. The second kappa shape index (κ2) is 4.46. The fraction of sp³-hybridized carbons (Fsp3) is 0.267. The number of amides is 1. The Bertz CT molecular complexity index is 671. The van der Waals surface area contributed by atoms with Crippen molar-refractivity contribution >= 4 is 34.6 Å². The molecule has 0 radical (unpaired) electrons. The van der Waals surface area contributed by atoms with Crippen LogP contribution in [0, 0.1) is 19.8 Å². The smallest absolute Gasteiger partial charge is 0.261 e. The van der Waals surface area contributed by atoms with Crippen LogP contribution in [-0.2, 0) is 4.79 Å². The van der Waals surface area contributed by atoms with Crippen LogP contribution in [0.2, 0.25) is 0 Å². The van der Waals surface area contributed by atoms with E-state index in [1.54, 1.807) is 11.8 Å². The number of hydrogen-bond donors (Lipinski definition) is 0. The van der Waals surface area contributed by atoms with E-state index in [-0.39, 0.29) is 11.8 Å². The van der Waals surface area contributed by atoms with Crippen LogP contribution in [-0.4, -0.2) is 17.3 Å². The molecule has 0 fully saturated rings. The second-order valence-electron chi connectivity index (χ2n) is 4.85. The van der Waals surface area contributed by atoms with Gasteiger partial charge in [0.2, 0.25) is 0 Å². The molecule has 19 heavy (non-hydrogen) atoms. The standard InChI is InChI=1S/C15H14N2OS/c1-8-4-5-11(6-9(8)2)12-10(3)19-15-13(12)14(18)16-7-17-15/h4-7,13H,1-3H3. The van der Waals surface area contributed by atoms with E-state index in [1.807, 2.05) is 6.92 Å². The molecular weight excluding hydrogens is 256 g/mol. The maximum absolute atomic E-state index is 12.0. The van der Waals surface area contributed by atoms with Crippen molar-refractivity contribution in [2.75, 3.05) is 0 Å². The van der Waals surface area contributed by atoms with Gasteiger partial charge in [-0.05, 0) is 47.9 Å². The number of carbonyl (C=O) groups is 1. The van der Waals surface area contributed by atoms with E-state index in [9.17, 15) is 4.79 Å². The molecule has 0 bridgehead atoms. The number of benzene rings is 1. The minimum Gasteiger partial charge on any atom is -0.271 e. The van der Waals surface area contributed by atoms with E-state index in [1.165, 1.54) is 17.5 Å². The molecule has 1 atom stereocenters. The summed E-state index contributed by atoms with van der Waals surface area (Å²) in [6, 6.07) is 6.32.